The predicted molar refractivity (Wildman–Crippen MR) is 72.3 cm³/mol. The molecular weight excluding hydrogens is 260 g/mol. The third kappa shape index (κ3) is 3.63. The van der Waals surface area contributed by atoms with Gasteiger partial charge in [0.15, 0.2) is 0 Å². The molecule has 2 N–H and O–H groups in total. The fourth-order valence-corrected chi connectivity index (χ4v) is 2.10. The van der Waals surface area contributed by atoms with Crippen molar-refractivity contribution < 1.29 is 19.4 Å². The van der Waals surface area contributed by atoms with Crippen LogP contribution in [0.25, 0.3) is 0 Å². The van der Waals surface area contributed by atoms with Gasteiger partial charge in [-0.3, -0.25) is 0 Å². The maximum atomic E-state index is 11.6. The number of rotatable bonds is 2. The van der Waals surface area contributed by atoms with Crippen LogP contribution in [-0.2, 0) is 4.74 Å². The van der Waals surface area contributed by atoms with E-state index >= 15 is 0 Å². The van der Waals surface area contributed by atoms with Crippen LogP contribution in [-0.4, -0.2) is 35.3 Å². The van der Waals surface area contributed by atoms with Crippen molar-refractivity contribution in [3.05, 3.63) is 29.8 Å². The van der Waals surface area contributed by atoms with Crippen molar-refractivity contribution in [1.29, 1.82) is 0 Å². The van der Waals surface area contributed by atoms with Crippen molar-refractivity contribution >= 4 is 12.2 Å². The molecule has 1 saturated heterocycles. The molecule has 1 fully saturated rings. The maximum absolute atomic E-state index is 11.6. The first-order chi connectivity index (χ1) is 9.56. The van der Waals surface area contributed by atoms with Gasteiger partial charge in [-0.2, -0.15) is 0 Å². The second-order valence-electron chi connectivity index (χ2n) is 4.81. The number of alkyl carbamates (subject to hydrolysis) is 1. The van der Waals surface area contributed by atoms with E-state index in [1.807, 2.05) is 0 Å². The van der Waals surface area contributed by atoms with Crippen LogP contribution in [0.4, 0.5) is 9.59 Å². The number of hydrogen-bond acceptors (Lipinski definition) is 4. The van der Waals surface area contributed by atoms with Crippen LogP contribution in [0.1, 0.15) is 31.4 Å². The van der Waals surface area contributed by atoms with Gasteiger partial charge in [-0.1, -0.05) is 12.1 Å². The van der Waals surface area contributed by atoms with Gasteiger partial charge in [0, 0.05) is 13.1 Å². The Morgan fingerprint density at radius 3 is 2.45 bits per heavy atom. The number of likely N-dealkylation sites (tertiary alicyclic amines) is 1. The molecule has 1 unspecified atom stereocenters. The van der Waals surface area contributed by atoms with Gasteiger partial charge < -0.3 is 20.1 Å². The molecule has 0 aromatic heterocycles. The van der Waals surface area contributed by atoms with Crippen molar-refractivity contribution in [1.82, 2.24) is 10.2 Å². The first-order valence-corrected chi connectivity index (χ1v) is 6.62. The Labute approximate surface area is 117 Å². The van der Waals surface area contributed by atoms with Gasteiger partial charge in [-0.15, -0.1) is 0 Å². The van der Waals surface area contributed by atoms with E-state index in [-0.39, 0.29) is 11.8 Å². The number of ether oxygens (including phenoxy) is 1. The summed E-state index contributed by atoms with van der Waals surface area (Å²) in [6, 6.07) is 6.16. The number of hydrogen-bond donors (Lipinski definition) is 2. The molecule has 1 aliphatic rings. The SMILES string of the molecule is CC(NC(=O)OC(=O)N1CCCC1)c1ccc(O)cc1. The molecule has 0 bridgehead atoms. The molecule has 1 atom stereocenters. The van der Waals surface area contributed by atoms with Crippen LogP contribution in [0, 0.1) is 0 Å². The van der Waals surface area contributed by atoms with Crippen molar-refractivity contribution in [2.24, 2.45) is 0 Å². The fourth-order valence-electron chi connectivity index (χ4n) is 2.10. The molecular formula is C14H18N2O4. The van der Waals surface area contributed by atoms with Gasteiger partial charge in [0.2, 0.25) is 0 Å². The molecule has 1 aromatic carbocycles. The van der Waals surface area contributed by atoms with Gasteiger partial charge in [0.25, 0.3) is 0 Å². The van der Waals surface area contributed by atoms with Crippen molar-refractivity contribution in [2.75, 3.05) is 13.1 Å². The smallest absolute Gasteiger partial charge is 0.418 e. The molecule has 0 aliphatic carbocycles. The van der Waals surface area contributed by atoms with Crippen LogP contribution >= 0.6 is 0 Å². The molecule has 2 rings (SSSR count). The third-order valence-corrected chi connectivity index (χ3v) is 3.27. The normalized spacial score (nSPS) is 15.8. The first kappa shape index (κ1) is 14.2. The number of carbonyl (C=O) groups is 2. The fraction of sp³-hybridized carbons (Fsp3) is 0.429. The van der Waals surface area contributed by atoms with Crippen molar-refractivity contribution in [2.45, 2.75) is 25.8 Å². The average molecular weight is 278 g/mol. The topological polar surface area (TPSA) is 78.9 Å². The Kier molecular flexibility index (Phi) is 4.45. The minimum absolute atomic E-state index is 0.160. The molecule has 0 radical (unpaired) electrons. The highest BCUT2D eigenvalue weighted by molar-refractivity contribution is 5.83. The lowest BCUT2D eigenvalue weighted by Crippen LogP contribution is -2.35. The molecule has 108 valence electrons. The molecule has 1 aromatic rings. The summed E-state index contributed by atoms with van der Waals surface area (Å²) < 4.78 is 4.74. The summed E-state index contributed by atoms with van der Waals surface area (Å²) in [4.78, 5) is 24.8. The Morgan fingerprint density at radius 2 is 1.85 bits per heavy atom. The van der Waals surface area contributed by atoms with E-state index in [4.69, 9.17) is 4.74 Å². The number of benzene rings is 1. The summed E-state index contributed by atoms with van der Waals surface area (Å²) in [6.07, 6.45) is 0.529. The summed E-state index contributed by atoms with van der Waals surface area (Å²) in [5, 5.41) is 11.8. The second kappa shape index (κ2) is 6.27. The number of carbonyl (C=O) groups excluding carboxylic acids is 2. The summed E-state index contributed by atoms with van der Waals surface area (Å²) in [6.45, 7) is 3.05. The quantitative estimate of drug-likeness (QED) is 0.814. The number of nitrogens with zero attached hydrogens (tertiary/aromatic N) is 1. The molecule has 1 aliphatic heterocycles. The van der Waals surface area contributed by atoms with Gasteiger partial charge >= 0.3 is 12.2 Å². The highest BCUT2D eigenvalue weighted by atomic mass is 16.6. The Morgan fingerprint density at radius 1 is 1.25 bits per heavy atom. The number of aromatic hydroxyl groups is 1. The highest BCUT2D eigenvalue weighted by Crippen LogP contribution is 2.16. The molecule has 0 spiro atoms. The lowest BCUT2D eigenvalue weighted by Gasteiger charge is -2.17. The molecule has 0 saturated carbocycles. The van der Waals surface area contributed by atoms with Crippen molar-refractivity contribution in [3.63, 3.8) is 0 Å². The number of nitrogens with one attached hydrogen (secondary N) is 1. The van der Waals surface area contributed by atoms with Gasteiger partial charge in [-0.05, 0) is 37.5 Å². The van der Waals surface area contributed by atoms with Crippen LogP contribution in [0.15, 0.2) is 24.3 Å². The summed E-state index contributed by atoms with van der Waals surface area (Å²) in [5.74, 6) is 0.160. The molecule has 6 nitrogen and oxygen atoms in total. The Balaban J connectivity index is 1.84. The molecule has 2 amide bonds. The molecule has 1 heterocycles. The highest BCUT2D eigenvalue weighted by Gasteiger charge is 2.22. The summed E-state index contributed by atoms with van der Waals surface area (Å²) >= 11 is 0. The number of phenols is 1. The lowest BCUT2D eigenvalue weighted by molar-refractivity contribution is 0.123. The van der Waals surface area contributed by atoms with E-state index in [1.54, 1.807) is 19.1 Å². The minimum Gasteiger partial charge on any atom is -0.508 e. The predicted octanol–water partition coefficient (Wildman–Crippen LogP) is 2.40. The standard InChI is InChI=1S/C14H18N2O4/c1-10(11-4-6-12(17)7-5-11)15-13(18)20-14(19)16-8-2-3-9-16/h4-7,10,17H,2-3,8-9H2,1H3,(H,15,18). The molecule has 6 heteroatoms. The van der Waals surface area contributed by atoms with E-state index < -0.39 is 12.2 Å². The van der Waals surface area contributed by atoms with Gasteiger partial charge in [0.05, 0.1) is 6.04 Å². The first-order valence-electron chi connectivity index (χ1n) is 6.62. The third-order valence-electron chi connectivity index (χ3n) is 3.27. The molecule has 20 heavy (non-hydrogen) atoms. The lowest BCUT2D eigenvalue weighted by atomic mass is 10.1. The number of phenolic OH excluding ortho intramolecular Hbond substituents is 1. The van der Waals surface area contributed by atoms with Gasteiger partial charge in [-0.25, -0.2) is 9.59 Å². The van der Waals surface area contributed by atoms with Crippen LogP contribution < -0.4 is 5.32 Å². The minimum atomic E-state index is -0.762. The van der Waals surface area contributed by atoms with E-state index in [9.17, 15) is 14.7 Å². The zero-order valence-electron chi connectivity index (χ0n) is 11.3. The Bertz CT molecular complexity index is 480. The van der Waals surface area contributed by atoms with E-state index in [0.717, 1.165) is 18.4 Å². The largest absolute Gasteiger partial charge is 0.508 e. The van der Waals surface area contributed by atoms with Crippen LogP contribution in [0.5, 0.6) is 5.75 Å². The van der Waals surface area contributed by atoms with E-state index in [0.29, 0.717) is 13.1 Å². The van der Waals surface area contributed by atoms with Gasteiger partial charge in [0.1, 0.15) is 5.75 Å². The van der Waals surface area contributed by atoms with E-state index in [2.05, 4.69) is 5.32 Å². The zero-order valence-corrected chi connectivity index (χ0v) is 11.3. The van der Waals surface area contributed by atoms with Crippen LogP contribution in [0.3, 0.4) is 0 Å². The Hall–Kier alpha value is -2.24. The average Bonchev–Trinajstić information content (AvgIpc) is 2.93. The maximum Gasteiger partial charge on any atom is 0.418 e. The van der Waals surface area contributed by atoms with Crippen molar-refractivity contribution in [3.8, 4) is 5.75 Å². The monoisotopic (exact) mass is 278 g/mol. The summed E-state index contributed by atoms with van der Waals surface area (Å²) in [5.41, 5.74) is 0.813. The van der Waals surface area contributed by atoms with E-state index in [1.165, 1.54) is 17.0 Å². The summed E-state index contributed by atoms with van der Waals surface area (Å²) in [7, 11) is 0. The number of amides is 2. The van der Waals surface area contributed by atoms with Crippen LogP contribution in [0.2, 0.25) is 0 Å². The zero-order chi connectivity index (χ0) is 14.5. The second-order valence-corrected chi connectivity index (χ2v) is 4.81.